The average Bonchev–Trinajstić information content (AvgIpc) is 2.38. The van der Waals surface area contributed by atoms with Crippen molar-refractivity contribution in [1.82, 2.24) is 0 Å². The molecule has 0 saturated carbocycles. The fourth-order valence-corrected chi connectivity index (χ4v) is 2.96. The molecule has 2 aromatic carbocycles. The van der Waals surface area contributed by atoms with Crippen molar-refractivity contribution < 1.29 is 9.50 Å². The van der Waals surface area contributed by atoms with E-state index in [2.05, 4.69) is 5.32 Å². The lowest BCUT2D eigenvalue weighted by molar-refractivity contribution is 0.471. The lowest BCUT2D eigenvalue weighted by atomic mass is 9.87. The van der Waals surface area contributed by atoms with Crippen molar-refractivity contribution >= 4 is 5.69 Å². The van der Waals surface area contributed by atoms with Gasteiger partial charge in [-0.1, -0.05) is 6.07 Å². The van der Waals surface area contributed by atoms with Gasteiger partial charge in [-0.3, -0.25) is 0 Å². The number of nitrogens with one attached hydrogen (secondary N) is 1. The molecular formula is C17H18FNO. The number of fused-ring (bicyclic) bond motifs is 1. The van der Waals surface area contributed by atoms with Gasteiger partial charge in [-0.2, -0.15) is 0 Å². The number of rotatable bonds is 2. The van der Waals surface area contributed by atoms with Crippen LogP contribution in [0.1, 0.15) is 35.6 Å². The van der Waals surface area contributed by atoms with E-state index in [0.717, 1.165) is 36.1 Å². The lowest BCUT2D eigenvalue weighted by Gasteiger charge is -2.27. The third-order valence-electron chi connectivity index (χ3n) is 3.83. The number of aromatic hydroxyl groups is 1. The van der Waals surface area contributed by atoms with Crippen molar-refractivity contribution in [3.63, 3.8) is 0 Å². The second kappa shape index (κ2) is 5.16. The normalized spacial score (nSPS) is 17.6. The van der Waals surface area contributed by atoms with Crippen LogP contribution in [-0.4, -0.2) is 5.11 Å². The SMILES string of the molecule is Cc1cc(F)cc(NC2CCCc3ccc(O)cc32)c1. The average molecular weight is 271 g/mol. The highest BCUT2D eigenvalue weighted by molar-refractivity contribution is 5.50. The fraction of sp³-hybridized carbons (Fsp3) is 0.294. The molecule has 0 amide bonds. The summed E-state index contributed by atoms with van der Waals surface area (Å²) in [5, 5.41) is 13.1. The van der Waals surface area contributed by atoms with E-state index in [1.807, 2.05) is 25.1 Å². The van der Waals surface area contributed by atoms with Gasteiger partial charge < -0.3 is 10.4 Å². The molecule has 0 fully saturated rings. The van der Waals surface area contributed by atoms with Crippen LogP contribution in [0.2, 0.25) is 0 Å². The summed E-state index contributed by atoms with van der Waals surface area (Å²) >= 11 is 0. The number of anilines is 1. The molecule has 2 nitrogen and oxygen atoms in total. The molecular weight excluding hydrogens is 253 g/mol. The van der Waals surface area contributed by atoms with Crippen LogP contribution in [0.15, 0.2) is 36.4 Å². The standard InChI is InChI=1S/C17H18FNO/c1-11-7-13(18)9-14(8-11)19-17-4-2-3-12-5-6-15(20)10-16(12)17/h5-10,17,19-20H,2-4H2,1H3. The molecule has 0 bridgehead atoms. The van der Waals surface area contributed by atoms with E-state index in [0.29, 0.717) is 0 Å². The molecule has 1 atom stereocenters. The van der Waals surface area contributed by atoms with Gasteiger partial charge in [0.15, 0.2) is 0 Å². The Hall–Kier alpha value is -2.03. The summed E-state index contributed by atoms with van der Waals surface area (Å²) < 4.78 is 13.5. The van der Waals surface area contributed by atoms with E-state index in [9.17, 15) is 9.50 Å². The largest absolute Gasteiger partial charge is 0.508 e. The molecule has 1 aliphatic rings. The summed E-state index contributed by atoms with van der Waals surface area (Å²) in [6.07, 6.45) is 3.13. The Morgan fingerprint density at radius 2 is 2.05 bits per heavy atom. The Bertz CT molecular complexity index is 619. The molecule has 3 rings (SSSR count). The molecule has 0 aliphatic heterocycles. The van der Waals surface area contributed by atoms with Gasteiger partial charge in [0.1, 0.15) is 11.6 Å². The van der Waals surface area contributed by atoms with Gasteiger partial charge in [0.2, 0.25) is 0 Å². The van der Waals surface area contributed by atoms with Gasteiger partial charge in [-0.05, 0) is 73.2 Å². The molecule has 104 valence electrons. The minimum Gasteiger partial charge on any atom is -0.508 e. The minimum absolute atomic E-state index is 0.132. The number of benzene rings is 2. The number of phenolic OH excluding ortho intramolecular Hbond substituents is 1. The summed E-state index contributed by atoms with van der Waals surface area (Å²) in [5.41, 5.74) is 4.08. The summed E-state index contributed by atoms with van der Waals surface area (Å²) in [6.45, 7) is 1.88. The second-order valence-electron chi connectivity index (χ2n) is 5.49. The molecule has 1 unspecified atom stereocenters. The molecule has 0 spiro atoms. The molecule has 0 radical (unpaired) electrons. The summed E-state index contributed by atoms with van der Waals surface area (Å²) in [4.78, 5) is 0. The van der Waals surface area contributed by atoms with Gasteiger partial charge in [0.25, 0.3) is 0 Å². The summed E-state index contributed by atoms with van der Waals surface area (Å²) in [7, 11) is 0. The molecule has 0 heterocycles. The van der Waals surface area contributed by atoms with Gasteiger partial charge in [0.05, 0.1) is 6.04 Å². The van der Waals surface area contributed by atoms with E-state index in [1.54, 1.807) is 6.07 Å². The highest BCUT2D eigenvalue weighted by Crippen LogP contribution is 2.34. The molecule has 0 aromatic heterocycles. The molecule has 2 aromatic rings. The molecule has 3 heteroatoms. The van der Waals surface area contributed by atoms with Crippen molar-refractivity contribution in [2.45, 2.75) is 32.2 Å². The Balaban J connectivity index is 1.91. The smallest absolute Gasteiger partial charge is 0.125 e. The first-order valence-electron chi connectivity index (χ1n) is 6.97. The van der Waals surface area contributed by atoms with Crippen molar-refractivity contribution in [3.05, 3.63) is 58.9 Å². The van der Waals surface area contributed by atoms with E-state index in [1.165, 1.54) is 17.7 Å². The second-order valence-corrected chi connectivity index (χ2v) is 5.49. The first kappa shape index (κ1) is 13.0. The fourth-order valence-electron chi connectivity index (χ4n) is 2.96. The summed E-state index contributed by atoms with van der Waals surface area (Å²) in [5.74, 6) is 0.0623. The van der Waals surface area contributed by atoms with Gasteiger partial charge in [-0.15, -0.1) is 0 Å². The Morgan fingerprint density at radius 3 is 2.85 bits per heavy atom. The van der Waals surface area contributed by atoms with Crippen LogP contribution in [0.3, 0.4) is 0 Å². The maximum Gasteiger partial charge on any atom is 0.125 e. The van der Waals surface area contributed by atoms with Crippen LogP contribution in [0, 0.1) is 12.7 Å². The van der Waals surface area contributed by atoms with E-state index < -0.39 is 0 Å². The van der Waals surface area contributed by atoms with E-state index >= 15 is 0 Å². The number of hydrogen-bond acceptors (Lipinski definition) is 2. The van der Waals surface area contributed by atoms with Crippen molar-refractivity contribution in [1.29, 1.82) is 0 Å². The highest BCUT2D eigenvalue weighted by atomic mass is 19.1. The quantitative estimate of drug-likeness (QED) is 0.852. The van der Waals surface area contributed by atoms with Crippen LogP contribution in [0.25, 0.3) is 0 Å². The highest BCUT2D eigenvalue weighted by Gasteiger charge is 2.20. The van der Waals surface area contributed by atoms with Crippen LogP contribution < -0.4 is 5.32 Å². The minimum atomic E-state index is -0.223. The maximum atomic E-state index is 13.5. The lowest BCUT2D eigenvalue weighted by Crippen LogP contribution is -2.17. The number of phenols is 1. The zero-order valence-corrected chi connectivity index (χ0v) is 11.5. The Labute approximate surface area is 118 Å². The molecule has 20 heavy (non-hydrogen) atoms. The van der Waals surface area contributed by atoms with Crippen molar-refractivity contribution in [3.8, 4) is 5.75 Å². The zero-order valence-electron chi connectivity index (χ0n) is 11.5. The Kier molecular flexibility index (Phi) is 3.35. The van der Waals surface area contributed by atoms with Gasteiger partial charge in [-0.25, -0.2) is 4.39 Å². The number of aryl methyl sites for hydroxylation is 2. The van der Waals surface area contributed by atoms with Gasteiger partial charge >= 0.3 is 0 Å². The van der Waals surface area contributed by atoms with Crippen molar-refractivity contribution in [2.24, 2.45) is 0 Å². The van der Waals surface area contributed by atoms with Crippen LogP contribution in [0.5, 0.6) is 5.75 Å². The van der Waals surface area contributed by atoms with E-state index in [-0.39, 0.29) is 17.6 Å². The molecule has 0 saturated heterocycles. The predicted octanol–water partition coefficient (Wildman–Crippen LogP) is 4.33. The number of hydrogen-bond donors (Lipinski definition) is 2. The maximum absolute atomic E-state index is 13.5. The molecule has 1 aliphatic carbocycles. The number of halogens is 1. The third-order valence-corrected chi connectivity index (χ3v) is 3.83. The topological polar surface area (TPSA) is 32.3 Å². The van der Waals surface area contributed by atoms with Crippen LogP contribution in [-0.2, 0) is 6.42 Å². The third kappa shape index (κ3) is 2.62. The van der Waals surface area contributed by atoms with E-state index in [4.69, 9.17) is 0 Å². The van der Waals surface area contributed by atoms with Crippen molar-refractivity contribution in [2.75, 3.05) is 5.32 Å². The molecule has 2 N–H and O–H groups in total. The predicted molar refractivity (Wildman–Crippen MR) is 78.5 cm³/mol. The first-order valence-corrected chi connectivity index (χ1v) is 6.97. The monoisotopic (exact) mass is 271 g/mol. The zero-order chi connectivity index (χ0) is 14.1. The summed E-state index contributed by atoms with van der Waals surface area (Å²) in [6, 6.07) is 10.6. The van der Waals surface area contributed by atoms with Crippen LogP contribution >= 0.6 is 0 Å². The first-order chi connectivity index (χ1) is 9.61. The van der Waals surface area contributed by atoms with Gasteiger partial charge in [0, 0.05) is 5.69 Å². The van der Waals surface area contributed by atoms with Crippen LogP contribution in [0.4, 0.5) is 10.1 Å². The Morgan fingerprint density at radius 1 is 1.20 bits per heavy atom.